The number of aromatic nitrogens is 2. The van der Waals surface area contributed by atoms with Crippen LogP contribution in [0, 0.1) is 6.92 Å². The average Bonchev–Trinajstić information content (AvgIpc) is 2.61. The van der Waals surface area contributed by atoms with E-state index in [-0.39, 0.29) is 6.61 Å². The van der Waals surface area contributed by atoms with E-state index in [0.717, 1.165) is 27.2 Å². The second-order valence-corrected chi connectivity index (χ2v) is 4.56. The van der Waals surface area contributed by atoms with Gasteiger partial charge in [0.15, 0.2) is 0 Å². The standard InChI is InChI=1S/C12H13BrN2O/c1-8-11(5-6-16)15-12(14-8)9-3-2-4-10(13)7-9/h2-4,7,16H,5-6H2,1H3,(H,14,15). The molecule has 2 N–H and O–H groups in total. The van der Waals surface area contributed by atoms with Gasteiger partial charge in [-0.25, -0.2) is 4.98 Å². The van der Waals surface area contributed by atoms with Crippen molar-refractivity contribution in [1.29, 1.82) is 0 Å². The molecule has 0 unspecified atom stereocenters. The van der Waals surface area contributed by atoms with Crippen molar-refractivity contribution in [3.8, 4) is 11.4 Å². The number of nitrogens with one attached hydrogen (secondary N) is 1. The Hall–Kier alpha value is -1.13. The Morgan fingerprint density at radius 3 is 2.94 bits per heavy atom. The summed E-state index contributed by atoms with van der Waals surface area (Å²) in [7, 11) is 0. The van der Waals surface area contributed by atoms with Gasteiger partial charge in [0.25, 0.3) is 0 Å². The third-order valence-corrected chi connectivity index (χ3v) is 2.93. The number of imidazole rings is 1. The normalized spacial score (nSPS) is 10.7. The maximum Gasteiger partial charge on any atom is 0.137 e. The Morgan fingerprint density at radius 2 is 2.25 bits per heavy atom. The molecule has 1 heterocycles. The Kier molecular flexibility index (Phi) is 3.41. The van der Waals surface area contributed by atoms with Crippen LogP contribution in [0.2, 0.25) is 0 Å². The van der Waals surface area contributed by atoms with Gasteiger partial charge in [0.2, 0.25) is 0 Å². The summed E-state index contributed by atoms with van der Waals surface area (Å²) in [5.74, 6) is 0.849. The molecule has 0 saturated heterocycles. The molecule has 16 heavy (non-hydrogen) atoms. The van der Waals surface area contributed by atoms with Gasteiger partial charge < -0.3 is 10.1 Å². The lowest BCUT2D eigenvalue weighted by molar-refractivity contribution is 0.298. The van der Waals surface area contributed by atoms with E-state index in [0.29, 0.717) is 6.42 Å². The van der Waals surface area contributed by atoms with Crippen molar-refractivity contribution in [2.24, 2.45) is 0 Å². The fourth-order valence-corrected chi connectivity index (χ4v) is 2.02. The molecule has 3 nitrogen and oxygen atoms in total. The van der Waals surface area contributed by atoms with Crippen LogP contribution in [0.1, 0.15) is 11.4 Å². The lowest BCUT2D eigenvalue weighted by atomic mass is 10.2. The quantitative estimate of drug-likeness (QED) is 0.908. The number of nitrogens with zero attached hydrogens (tertiary/aromatic N) is 1. The first-order chi connectivity index (χ1) is 7.70. The summed E-state index contributed by atoms with van der Waals surface area (Å²) in [6.45, 7) is 2.10. The number of halogens is 1. The first-order valence-electron chi connectivity index (χ1n) is 5.13. The smallest absolute Gasteiger partial charge is 0.137 e. The molecule has 0 aliphatic carbocycles. The van der Waals surface area contributed by atoms with Gasteiger partial charge >= 0.3 is 0 Å². The fourth-order valence-electron chi connectivity index (χ4n) is 1.62. The molecular weight excluding hydrogens is 268 g/mol. The zero-order valence-corrected chi connectivity index (χ0v) is 10.6. The first kappa shape index (κ1) is 11.4. The zero-order valence-electron chi connectivity index (χ0n) is 9.00. The van der Waals surface area contributed by atoms with Crippen LogP contribution in [0.15, 0.2) is 28.7 Å². The largest absolute Gasteiger partial charge is 0.396 e. The third kappa shape index (κ3) is 2.33. The number of aliphatic hydroxyl groups excluding tert-OH is 1. The van der Waals surface area contributed by atoms with E-state index in [1.54, 1.807) is 0 Å². The van der Waals surface area contributed by atoms with Crippen molar-refractivity contribution in [2.75, 3.05) is 6.61 Å². The van der Waals surface area contributed by atoms with Crippen LogP contribution in [-0.2, 0) is 6.42 Å². The topological polar surface area (TPSA) is 48.9 Å². The zero-order chi connectivity index (χ0) is 11.5. The predicted octanol–water partition coefficient (Wildman–Crippen LogP) is 2.68. The van der Waals surface area contributed by atoms with E-state index in [4.69, 9.17) is 5.11 Å². The molecule has 1 aromatic carbocycles. The highest BCUT2D eigenvalue weighted by molar-refractivity contribution is 9.10. The molecule has 0 saturated carbocycles. The molecule has 84 valence electrons. The van der Waals surface area contributed by atoms with Gasteiger partial charge in [0, 0.05) is 28.8 Å². The molecule has 0 aliphatic heterocycles. The summed E-state index contributed by atoms with van der Waals surface area (Å²) in [6.07, 6.45) is 0.594. The Morgan fingerprint density at radius 1 is 1.44 bits per heavy atom. The highest BCUT2D eigenvalue weighted by atomic mass is 79.9. The van der Waals surface area contributed by atoms with Gasteiger partial charge in [-0.2, -0.15) is 0 Å². The number of hydrogen-bond acceptors (Lipinski definition) is 2. The number of aryl methyl sites for hydroxylation is 1. The van der Waals surface area contributed by atoms with E-state index < -0.39 is 0 Å². The van der Waals surface area contributed by atoms with Gasteiger partial charge in [0.1, 0.15) is 5.82 Å². The fraction of sp³-hybridized carbons (Fsp3) is 0.250. The van der Waals surface area contributed by atoms with Crippen molar-refractivity contribution in [3.05, 3.63) is 40.1 Å². The van der Waals surface area contributed by atoms with Gasteiger partial charge in [-0.05, 0) is 19.1 Å². The van der Waals surface area contributed by atoms with Crippen LogP contribution in [0.3, 0.4) is 0 Å². The Balaban J connectivity index is 2.37. The SMILES string of the molecule is Cc1[nH]c(-c2cccc(Br)c2)nc1CCO. The minimum Gasteiger partial charge on any atom is -0.396 e. The minimum atomic E-state index is 0.129. The Bertz CT molecular complexity index is 494. The maximum absolute atomic E-state index is 8.91. The molecule has 0 bridgehead atoms. The van der Waals surface area contributed by atoms with E-state index in [1.165, 1.54) is 0 Å². The second kappa shape index (κ2) is 4.80. The predicted molar refractivity (Wildman–Crippen MR) is 67.3 cm³/mol. The van der Waals surface area contributed by atoms with Crippen LogP contribution in [-0.4, -0.2) is 21.7 Å². The highest BCUT2D eigenvalue weighted by Crippen LogP contribution is 2.21. The van der Waals surface area contributed by atoms with Gasteiger partial charge in [0.05, 0.1) is 5.69 Å². The number of benzene rings is 1. The van der Waals surface area contributed by atoms with Crippen LogP contribution in [0.4, 0.5) is 0 Å². The molecule has 0 amide bonds. The summed E-state index contributed by atoms with van der Waals surface area (Å²) >= 11 is 3.43. The summed E-state index contributed by atoms with van der Waals surface area (Å²) in [6, 6.07) is 7.98. The van der Waals surface area contributed by atoms with Crippen LogP contribution in [0.25, 0.3) is 11.4 Å². The maximum atomic E-state index is 8.91. The molecule has 2 aromatic rings. The highest BCUT2D eigenvalue weighted by Gasteiger charge is 2.07. The van der Waals surface area contributed by atoms with Crippen molar-refractivity contribution in [2.45, 2.75) is 13.3 Å². The van der Waals surface area contributed by atoms with Gasteiger partial charge in [-0.3, -0.25) is 0 Å². The monoisotopic (exact) mass is 280 g/mol. The summed E-state index contributed by atoms with van der Waals surface area (Å²) in [5.41, 5.74) is 2.99. The number of rotatable bonds is 3. The average molecular weight is 281 g/mol. The lowest BCUT2D eigenvalue weighted by Crippen LogP contribution is -1.92. The molecule has 0 atom stereocenters. The van der Waals surface area contributed by atoms with Gasteiger partial charge in [-0.15, -0.1) is 0 Å². The van der Waals surface area contributed by atoms with Crippen molar-refractivity contribution in [1.82, 2.24) is 9.97 Å². The molecule has 0 spiro atoms. The van der Waals surface area contributed by atoms with Crippen molar-refractivity contribution < 1.29 is 5.11 Å². The molecule has 1 aromatic heterocycles. The number of aliphatic hydroxyl groups is 1. The van der Waals surface area contributed by atoms with Crippen LogP contribution < -0.4 is 0 Å². The van der Waals surface area contributed by atoms with E-state index in [1.807, 2.05) is 31.2 Å². The number of hydrogen-bond donors (Lipinski definition) is 2. The van der Waals surface area contributed by atoms with E-state index >= 15 is 0 Å². The number of H-pyrrole nitrogens is 1. The summed E-state index contributed by atoms with van der Waals surface area (Å²) < 4.78 is 1.03. The third-order valence-electron chi connectivity index (χ3n) is 2.43. The molecule has 0 aliphatic rings. The lowest BCUT2D eigenvalue weighted by Gasteiger charge is -1.96. The van der Waals surface area contributed by atoms with E-state index in [9.17, 15) is 0 Å². The van der Waals surface area contributed by atoms with Crippen LogP contribution in [0.5, 0.6) is 0 Å². The molecular formula is C12H13BrN2O. The minimum absolute atomic E-state index is 0.129. The van der Waals surface area contributed by atoms with Crippen LogP contribution >= 0.6 is 15.9 Å². The summed E-state index contributed by atoms with van der Waals surface area (Å²) in [4.78, 5) is 7.70. The molecule has 0 radical (unpaired) electrons. The van der Waals surface area contributed by atoms with Crippen molar-refractivity contribution in [3.63, 3.8) is 0 Å². The van der Waals surface area contributed by atoms with Crippen molar-refractivity contribution >= 4 is 15.9 Å². The first-order valence-corrected chi connectivity index (χ1v) is 5.92. The second-order valence-electron chi connectivity index (χ2n) is 3.64. The molecule has 0 fully saturated rings. The molecule has 4 heteroatoms. The van der Waals surface area contributed by atoms with E-state index in [2.05, 4.69) is 25.9 Å². The summed E-state index contributed by atoms with van der Waals surface area (Å²) in [5, 5.41) is 8.91. The Labute approximate surface area is 103 Å². The van der Waals surface area contributed by atoms with Gasteiger partial charge in [-0.1, -0.05) is 28.1 Å². The molecule has 2 rings (SSSR count). The number of aromatic amines is 1.